The summed E-state index contributed by atoms with van der Waals surface area (Å²) < 4.78 is 13.0. The van der Waals surface area contributed by atoms with E-state index in [1.54, 1.807) is 0 Å². The number of hydrogen-bond acceptors (Lipinski definition) is 4. The van der Waals surface area contributed by atoms with Crippen LogP contribution in [0.4, 0.5) is 15.9 Å². The van der Waals surface area contributed by atoms with Crippen molar-refractivity contribution in [2.24, 2.45) is 0 Å². The number of nitrogens with zero attached hydrogens (tertiary/aromatic N) is 2. The van der Waals surface area contributed by atoms with E-state index in [2.05, 4.69) is 20.6 Å². The second-order valence-corrected chi connectivity index (χ2v) is 4.70. The minimum absolute atomic E-state index is 0.122. The molecule has 7 heteroatoms. The Hall–Kier alpha value is -2.21. The van der Waals surface area contributed by atoms with Crippen LogP contribution in [0.15, 0.2) is 30.6 Å². The molecular weight excluding hydrogens is 295 g/mol. The highest BCUT2D eigenvalue weighted by atomic mass is 35.5. The van der Waals surface area contributed by atoms with Crippen LogP contribution >= 0.6 is 11.6 Å². The van der Waals surface area contributed by atoms with Crippen molar-refractivity contribution < 1.29 is 9.18 Å². The molecule has 1 amide bonds. The Bertz CT molecular complexity index is 651. The number of anilines is 2. The average Bonchev–Trinajstić information content (AvgIpc) is 2.48. The molecule has 1 aromatic carbocycles. The Kier molecular flexibility index (Phi) is 5.05. The molecule has 1 heterocycles. The first-order valence-corrected chi connectivity index (χ1v) is 6.80. The number of carbonyl (C=O) groups excluding carboxylic acids is 1. The van der Waals surface area contributed by atoms with E-state index in [1.165, 1.54) is 24.5 Å². The number of halogens is 2. The zero-order chi connectivity index (χ0) is 15.2. The van der Waals surface area contributed by atoms with Gasteiger partial charge in [-0.1, -0.05) is 18.5 Å². The van der Waals surface area contributed by atoms with Crippen molar-refractivity contribution in [1.82, 2.24) is 9.97 Å². The fourth-order valence-electron chi connectivity index (χ4n) is 1.59. The number of aromatic nitrogens is 2. The minimum atomic E-state index is -0.469. The van der Waals surface area contributed by atoms with Gasteiger partial charge >= 0.3 is 0 Å². The van der Waals surface area contributed by atoms with Gasteiger partial charge in [0, 0.05) is 6.54 Å². The highest BCUT2D eigenvalue weighted by Crippen LogP contribution is 2.22. The van der Waals surface area contributed by atoms with Crippen LogP contribution in [0.2, 0.25) is 5.02 Å². The fraction of sp³-hybridized carbons (Fsp3) is 0.214. The molecule has 0 radical (unpaired) electrons. The lowest BCUT2D eigenvalue weighted by Gasteiger charge is -2.08. The Morgan fingerprint density at radius 2 is 2.19 bits per heavy atom. The molecule has 0 aliphatic heterocycles. The summed E-state index contributed by atoms with van der Waals surface area (Å²) in [5, 5.41) is 5.73. The predicted molar refractivity (Wildman–Crippen MR) is 80.2 cm³/mol. The molecule has 0 atom stereocenters. The fourth-order valence-corrected chi connectivity index (χ4v) is 1.81. The largest absolute Gasteiger partial charge is 0.369 e. The first-order chi connectivity index (χ1) is 10.1. The van der Waals surface area contributed by atoms with Crippen molar-refractivity contribution in [2.75, 3.05) is 17.2 Å². The van der Waals surface area contributed by atoms with Gasteiger partial charge in [0.05, 0.1) is 23.1 Å². The van der Waals surface area contributed by atoms with E-state index in [-0.39, 0.29) is 10.7 Å². The van der Waals surface area contributed by atoms with Gasteiger partial charge in [-0.05, 0) is 24.6 Å². The topological polar surface area (TPSA) is 66.9 Å². The molecule has 0 aliphatic rings. The van der Waals surface area contributed by atoms with Gasteiger partial charge in [0.25, 0.3) is 5.91 Å². The number of benzene rings is 1. The number of amides is 1. The lowest BCUT2D eigenvalue weighted by molar-refractivity contribution is 0.102. The molecule has 2 aromatic rings. The van der Waals surface area contributed by atoms with E-state index >= 15 is 0 Å². The van der Waals surface area contributed by atoms with Crippen LogP contribution in [-0.2, 0) is 0 Å². The summed E-state index contributed by atoms with van der Waals surface area (Å²) in [6.45, 7) is 2.76. The normalized spacial score (nSPS) is 10.2. The molecule has 0 spiro atoms. The number of hydrogen-bond donors (Lipinski definition) is 2. The van der Waals surface area contributed by atoms with Gasteiger partial charge in [-0.2, -0.15) is 0 Å². The third-order valence-corrected chi connectivity index (χ3v) is 2.92. The first kappa shape index (κ1) is 15.2. The van der Waals surface area contributed by atoms with Crippen LogP contribution in [0.5, 0.6) is 0 Å². The SMILES string of the molecule is CCCNc1cncc(C(=O)Nc2ccc(F)cc2Cl)n1. The van der Waals surface area contributed by atoms with Gasteiger partial charge in [-0.3, -0.25) is 9.78 Å². The van der Waals surface area contributed by atoms with Gasteiger partial charge in [-0.15, -0.1) is 0 Å². The van der Waals surface area contributed by atoms with E-state index in [0.717, 1.165) is 19.0 Å². The molecule has 110 valence electrons. The van der Waals surface area contributed by atoms with E-state index in [4.69, 9.17) is 11.6 Å². The summed E-state index contributed by atoms with van der Waals surface area (Å²) in [6, 6.07) is 3.73. The van der Waals surface area contributed by atoms with Crippen LogP contribution in [-0.4, -0.2) is 22.4 Å². The summed E-state index contributed by atoms with van der Waals surface area (Å²) in [4.78, 5) is 20.2. The Labute approximate surface area is 126 Å². The van der Waals surface area contributed by atoms with Crippen molar-refractivity contribution in [3.05, 3.63) is 47.1 Å². The summed E-state index contributed by atoms with van der Waals surface area (Å²) >= 11 is 5.86. The van der Waals surface area contributed by atoms with E-state index < -0.39 is 11.7 Å². The molecule has 0 saturated heterocycles. The summed E-state index contributed by atoms with van der Waals surface area (Å²) in [5.74, 6) is -0.408. The molecule has 2 N–H and O–H groups in total. The highest BCUT2D eigenvalue weighted by molar-refractivity contribution is 6.33. The lowest BCUT2D eigenvalue weighted by atomic mass is 10.3. The van der Waals surface area contributed by atoms with Gasteiger partial charge in [0.2, 0.25) is 0 Å². The third-order valence-electron chi connectivity index (χ3n) is 2.60. The first-order valence-electron chi connectivity index (χ1n) is 6.42. The van der Waals surface area contributed by atoms with Crippen LogP contribution < -0.4 is 10.6 Å². The second kappa shape index (κ2) is 6.99. The van der Waals surface area contributed by atoms with Crippen molar-refractivity contribution in [3.8, 4) is 0 Å². The molecule has 0 fully saturated rings. The van der Waals surface area contributed by atoms with Crippen LogP contribution in [0.3, 0.4) is 0 Å². The van der Waals surface area contributed by atoms with Crippen LogP contribution in [0.25, 0.3) is 0 Å². The monoisotopic (exact) mass is 308 g/mol. The number of carbonyl (C=O) groups is 1. The Morgan fingerprint density at radius 3 is 2.90 bits per heavy atom. The number of rotatable bonds is 5. The van der Waals surface area contributed by atoms with E-state index in [1.807, 2.05) is 6.92 Å². The molecule has 0 unspecified atom stereocenters. The van der Waals surface area contributed by atoms with Crippen molar-refractivity contribution >= 4 is 29.0 Å². The maximum absolute atomic E-state index is 13.0. The highest BCUT2D eigenvalue weighted by Gasteiger charge is 2.11. The summed E-state index contributed by atoms with van der Waals surface area (Å²) in [5.41, 5.74) is 0.466. The minimum Gasteiger partial charge on any atom is -0.369 e. The smallest absolute Gasteiger partial charge is 0.275 e. The molecule has 2 rings (SSSR count). The quantitative estimate of drug-likeness (QED) is 0.889. The molecule has 21 heavy (non-hydrogen) atoms. The zero-order valence-corrected chi connectivity index (χ0v) is 12.1. The summed E-state index contributed by atoms with van der Waals surface area (Å²) in [7, 11) is 0. The third kappa shape index (κ3) is 4.13. The molecule has 0 aliphatic carbocycles. The van der Waals surface area contributed by atoms with Gasteiger partial charge in [0.1, 0.15) is 17.3 Å². The van der Waals surface area contributed by atoms with E-state index in [9.17, 15) is 9.18 Å². The lowest BCUT2D eigenvalue weighted by Crippen LogP contribution is -2.15. The molecule has 0 saturated carbocycles. The van der Waals surface area contributed by atoms with Crippen LogP contribution in [0.1, 0.15) is 23.8 Å². The molecule has 0 bridgehead atoms. The maximum Gasteiger partial charge on any atom is 0.275 e. The Morgan fingerprint density at radius 1 is 1.38 bits per heavy atom. The van der Waals surface area contributed by atoms with Gasteiger partial charge in [0.15, 0.2) is 0 Å². The predicted octanol–water partition coefficient (Wildman–Crippen LogP) is 3.34. The second-order valence-electron chi connectivity index (χ2n) is 4.29. The van der Waals surface area contributed by atoms with E-state index in [0.29, 0.717) is 11.5 Å². The number of nitrogens with one attached hydrogen (secondary N) is 2. The molecule has 1 aromatic heterocycles. The summed E-state index contributed by atoms with van der Waals surface area (Å²) in [6.07, 6.45) is 3.82. The molecular formula is C14H14ClFN4O. The van der Waals surface area contributed by atoms with Crippen molar-refractivity contribution in [2.45, 2.75) is 13.3 Å². The average molecular weight is 309 g/mol. The van der Waals surface area contributed by atoms with Crippen molar-refractivity contribution in [3.63, 3.8) is 0 Å². The maximum atomic E-state index is 13.0. The Balaban J connectivity index is 2.12. The molecule has 5 nitrogen and oxygen atoms in total. The van der Waals surface area contributed by atoms with Gasteiger partial charge in [-0.25, -0.2) is 9.37 Å². The van der Waals surface area contributed by atoms with Crippen LogP contribution in [0, 0.1) is 5.82 Å². The van der Waals surface area contributed by atoms with Gasteiger partial charge < -0.3 is 10.6 Å². The zero-order valence-electron chi connectivity index (χ0n) is 11.4. The standard InChI is InChI=1S/C14H14ClFN4O/c1-2-5-18-13-8-17-7-12(19-13)14(21)20-11-4-3-9(16)6-10(11)15/h3-4,6-8H,2,5H2,1H3,(H,18,19)(H,20,21). The van der Waals surface area contributed by atoms with Crippen molar-refractivity contribution in [1.29, 1.82) is 0 Å².